The molecule has 0 aliphatic rings. The molecule has 1 unspecified atom stereocenters. The monoisotopic (exact) mass is 419 g/mol. The van der Waals surface area contributed by atoms with Crippen LogP contribution in [0.15, 0.2) is 79.5 Å². The summed E-state index contributed by atoms with van der Waals surface area (Å²) in [7, 11) is 1.81. The van der Waals surface area contributed by atoms with E-state index in [0.29, 0.717) is 11.6 Å². The molecule has 1 atom stereocenters. The predicted molar refractivity (Wildman–Crippen MR) is 117 cm³/mol. The van der Waals surface area contributed by atoms with Gasteiger partial charge in [-0.2, -0.15) is 5.10 Å². The Bertz CT molecular complexity index is 1120. The number of hydrogen-bond acceptors (Lipinski definition) is 3. The SMILES string of the molecule is CC(C(=O)N(C)Cc1cn(-c2ccccc2)nc1-c1ccc(Cl)cc1)n1ccnc1. The van der Waals surface area contributed by atoms with Crippen LogP contribution in [0, 0.1) is 0 Å². The van der Waals surface area contributed by atoms with Crippen LogP contribution in [-0.2, 0) is 11.3 Å². The summed E-state index contributed by atoms with van der Waals surface area (Å²) in [6.07, 6.45) is 7.10. The second kappa shape index (κ2) is 8.55. The Morgan fingerprint density at radius 1 is 1.13 bits per heavy atom. The van der Waals surface area contributed by atoms with Gasteiger partial charge >= 0.3 is 0 Å². The molecule has 30 heavy (non-hydrogen) atoms. The zero-order valence-electron chi connectivity index (χ0n) is 16.8. The van der Waals surface area contributed by atoms with Crippen LogP contribution in [0.5, 0.6) is 0 Å². The maximum absolute atomic E-state index is 12.9. The standard InChI is InChI=1S/C23H22ClN5O/c1-17(28-13-12-25-16-28)23(30)27(2)14-19-15-29(21-6-4-3-5-7-21)26-22(19)18-8-10-20(24)11-9-18/h3-13,15-17H,14H2,1-2H3. The largest absolute Gasteiger partial charge is 0.339 e. The van der Waals surface area contributed by atoms with Crippen LogP contribution < -0.4 is 0 Å². The first-order valence-electron chi connectivity index (χ1n) is 9.65. The molecule has 0 N–H and O–H groups in total. The Hall–Kier alpha value is -3.38. The second-order valence-corrected chi connectivity index (χ2v) is 7.61. The number of amides is 1. The second-order valence-electron chi connectivity index (χ2n) is 7.17. The normalized spacial score (nSPS) is 12.0. The zero-order valence-corrected chi connectivity index (χ0v) is 17.6. The van der Waals surface area contributed by atoms with Gasteiger partial charge in [-0.05, 0) is 31.2 Å². The number of hydrogen-bond donors (Lipinski definition) is 0. The van der Waals surface area contributed by atoms with Crippen LogP contribution in [0.2, 0.25) is 5.02 Å². The van der Waals surface area contributed by atoms with Crippen molar-refractivity contribution < 1.29 is 4.79 Å². The third-order valence-electron chi connectivity index (χ3n) is 5.04. The lowest BCUT2D eigenvalue weighted by atomic mass is 10.1. The van der Waals surface area contributed by atoms with Crippen LogP contribution in [0.1, 0.15) is 18.5 Å². The average Bonchev–Trinajstić information content (AvgIpc) is 3.44. The van der Waals surface area contributed by atoms with Crippen LogP contribution in [0.3, 0.4) is 0 Å². The first-order valence-corrected chi connectivity index (χ1v) is 10.0. The lowest BCUT2D eigenvalue weighted by molar-refractivity contribution is -0.133. The summed E-state index contributed by atoms with van der Waals surface area (Å²) in [5.74, 6) is 0.00233. The van der Waals surface area contributed by atoms with Crippen molar-refractivity contribution in [3.05, 3.63) is 90.1 Å². The zero-order chi connectivity index (χ0) is 21.1. The first kappa shape index (κ1) is 19.9. The van der Waals surface area contributed by atoms with Crippen molar-refractivity contribution in [3.8, 4) is 16.9 Å². The Balaban J connectivity index is 1.66. The minimum absolute atomic E-state index is 0.00233. The fourth-order valence-electron chi connectivity index (χ4n) is 3.37. The van der Waals surface area contributed by atoms with Gasteiger partial charge in [0.25, 0.3) is 0 Å². The van der Waals surface area contributed by atoms with Crippen LogP contribution in [0.25, 0.3) is 16.9 Å². The molecular weight excluding hydrogens is 398 g/mol. The summed E-state index contributed by atoms with van der Waals surface area (Å²) in [5, 5.41) is 5.48. The third kappa shape index (κ3) is 4.14. The molecule has 0 saturated heterocycles. The number of likely N-dealkylation sites (N-methyl/N-ethyl adjacent to an activating group) is 1. The topological polar surface area (TPSA) is 56.0 Å². The van der Waals surface area contributed by atoms with Crippen molar-refractivity contribution in [2.75, 3.05) is 7.05 Å². The van der Waals surface area contributed by atoms with E-state index in [4.69, 9.17) is 16.7 Å². The van der Waals surface area contributed by atoms with Gasteiger partial charge < -0.3 is 9.47 Å². The molecule has 152 valence electrons. The fourth-order valence-corrected chi connectivity index (χ4v) is 3.49. The smallest absolute Gasteiger partial charge is 0.245 e. The van der Waals surface area contributed by atoms with E-state index < -0.39 is 0 Å². The number of carbonyl (C=O) groups excluding carboxylic acids is 1. The van der Waals surface area contributed by atoms with E-state index in [-0.39, 0.29) is 11.9 Å². The molecule has 0 spiro atoms. The number of carbonyl (C=O) groups is 1. The number of aromatic nitrogens is 4. The van der Waals surface area contributed by atoms with Crippen LogP contribution in [-0.4, -0.2) is 37.2 Å². The van der Waals surface area contributed by atoms with Crippen molar-refractivity contribution in [1.82, 2.24) is 24.2 Å². The highest BCUT2D eigenvalue weighted by molar-refractivity contribution is 6.30. The summed E-state index contributed by atoms with van der Waals surface area (Å²) in [4.78, 5) is 18.7. The van der Waals surface area contributed by atoms with Gasteiger partial charge in [-0.3, -0.25) is 4.79 Å². The van der Waals surface area contributed by atoms with E-state index in [2.05, 4.69) is 4.98 Å². The van der Waals surface area contributed by atoms with E-state index >= 15 is 0 Å². The Morgan fingerprint density at radius 2 is 1.87 bits per heavy atom. The quantitative estimate of drug-likeness (QED) is 0.458. The van der Waals surface area contributed by atoms with Gasteiger partial charge in [-0.25, -0.2) is 9.67 Å². The summed E-state index contributed by atoms with van der Waals surface area (Å²) in [6.45, 7) is 2.30. The molecule has 1 amide bonds. The van der Waals surface area contributed by atoms with E-state index in [0.717, 1.165) is 22.5 Å². The summed E-state index contributed by atoms with van der Waals surface area (Å²) in [6, 6.07) is 17.2. The van der Waals surface area contributed by atoms with Crippen molar-refractivity contribution in [2.45, 2.75) is 19.5 Å². The number of para-hydroxylation sites is 1. The van der Waals surface area contributed by atoms with E-state index in [9.17, 15) is 4.79 Å². The van der Waals surface area contributed by atoms with Gasteiger partial charge in [0.15, 0.2) is 0 Å². The van der Waals surface area contributed by atoms with Gasteiger partial charge in [0, 0.05) is 48.3 Å². The van der Waals surface area contributed by atoms with Gasteiger partial charge in [-0.15, -0.1) is 0 Å². The molecule has 7 heteroatoms. The molecule has 0 radical (unpaired) electrons. The molecule has 2 aromatic carbocycles. The highest BCUT2D eigenvalue weighted by Crippen LogP contribution is 2.26. The highest BCUT2D eigenvalue weighted by Gasteiger charge is 2.21. The minimum atomic E-state index is -0.333. The molecule has 0 aliphatic carbocycles. The molecule has 4 rings (SSSR count). The summed E-state index contributed by atoms with van der Waals surface area (Å²) < 4.78 is 3.64. The van der Waals surface area contributed by atoms with E-state index in [1.807, 2.05) is 72.4 Å². The van der Waals surface area contributed by atoms with Gasteiger partial charge in [-0.1, -0.05) is 41.9 Å². The number of halogens is 1. The number of nitrogens with zero attached hydrogens (tertiary/aromatic N) is 5. The molecule has 2 heterocycles. The van der Waals surface area contributed by atoms with Crippen molar-refractivity contribution in [2.24, 2.45) is 0 Å². The lowest BCUT2D eigenvalue weighted by Gasteiger charge is -2.22. The molecule has 6 nitrogen and oxygen atoms in total. The van der Waals surface area contributed by atoms with Crippen molar-refractivity contribution in [1.29, 1.82) is 0 Å². The molecule has 0 saturated carbocycles. The lowest BCUT2D eigenvalue weighted by Crippen LogP contribution is -2.32. The highest BCUT2D eigenvalue weighted by atomic mass is 35.5. The maximum Gasteiger partial charge on any atom is 0.245 e. The van der Waals surface area contributed by atoms with Crippen LogP contribution in [0.4, 0.5) is 0 Å². The molecule has 2 aromatic heterocycles. The molecule has 0 bridgehead atoms. The molecular formula is C23H22ClN5O. The van der Waals surface area contributed by atoms with E-state index in [1.165, 1.54) is 0 Å². The van der Waals surface area contributed by atoms with Gasteiger partial charge in [0.05, 0.1) is 17.7 Å². The summed E-state index contributed by atoms with van der Waals surface area (Å²) in [5.41, 5.74) is 3.69. The third-order valence-corrected chi connectivity index (χ3v) is 5.29. The predicted octanol–water partition coefficient (Wildman–Crippen LogP) is 4.61. The minimum Gasteiger partial charge on any atom is -0.339 e. The number of rotatable bonds is 6. The fraction of sp³-hybridized carbons (Fsp3) is 0.174. The average molecular weight is 420 g/mol. The molecule has 0 aliphatic heterocycles. The number of imidazole rings is 1. The molecule has 0 fully saturated rings. The van der Waals surface area contributed by atoms with Crippen molar-refractivity contribution in [3.63, 3.8) is 0 Å². The van der Waals surface area contributed by atoms with Crippen molar-refractivity contribution >= 4 is 17.5 Å². The van der Waals surface area contributed by atoms with E-state index in [1.54, 1.807) is 35.2 Å². The van der Waals surface area contributed by atoms with Gasteiger partial charge in [0.1, 0.15) is 6.04 Å². The van der Waals surface area contributed by atoms with Gasteiger partial charge in [0.2, 0.25) is 5.91 Å². The summed E-state index contributed by atoms with van der Waals surface area (Å²) >= 11 is 6.06. The van der Waals surface area contributed by atoms with Crippen LogP contribution >= 0.6 is 11.6 Å². The first-order chi connectivity index (χ1) is 14.5. The Kier molecular flexibility index (Phi) is 5.68. The maximum atomic E-state index is 12.9. The molecule has 4 aromatic rings. The number of benzene rings is 2. The Labute approximate surface area is 180 Å². The Morgan fingerprint density at radius 3 is 2.53 bits per heavy atom.